The Morgan fingerprint density at radius 2 is 1.87 bits per heavy atom. The van der Waals surface area contributed by atoms with Gasteiger partial charge >= 0.3 is 0 Å². The van der Waals surface area contributed by atoms with Crippen molar-refractivity contribution in [3.63, 3.8) is 0 Å². The van der Waals surface area contributed by atoms with Gasteiger partial charge in [0, 0.05) is 18.1 Å². The molecule has 0 N–H and O–H groups in total. The minimum atomic E-state index is -0.338. The quantitative estimate of drug-likeness (QED) is 0.662. The molecule has 0 fully saturated rings. The van der Waals surface area contributed by atoms with E-state index >= 15 is 0 Å². The maximum Gasteiger partial charge on any atom is 0.118 e. The highest BCUT2D eigenvalue weighted by Gasteiger charge is 2.22. The molecular formula is C13H14N2. The fourth-order valence-electron chi connectivity index (χ4n) is 1.53. The molecule has 0 unspecified atom stereocenters. The Hall–Kier alpha value is -1.70. The smallest absolute Gasteiger partial charge is 0.118 e. The van der Waals surface area contributed by atoms with Crippen molar-refractivity contribution in [2.45, 2.75) is 19.4 Å². The molecule has 2 rings (SSSR count). The lowest BCUT2D eigenvalue weighted by Gasteiger charge is -2.19. The van der Waals surface area contributed by atoms with Crippen molar-refractivity contribution in [3.05, 3.63) is 47.7 Å². The summed E-state index contributed by atoms with van der Waals surface area (Å²) >= 11 is 0. The lowest BCUT2D eigenvalue weighted by Crippen LogP contribution is -2.20. The van der Waals surface area contributed by atoms with Crippen molar-refractivity contribution in [1.82, 2.24) is 0 Å². The van der Waals surface area contributed by atoms with Gasteiger partial charge in [0.1, 0.15) is 5.54 Å². The first-order chi connectivity index (χ1) is 7.21. The first-order valence-electron chi connectivity index (χ1n) is 5.03. The summed E-state index contributed by atoms with van der Waals surface area (Å²) in [6.07, 6.45) is 5.65. The summed E-state index contributed by atoms with van der Waals surface area (Å²) in [5.74, 6) is 0. The highest BCUT2D eigenvalue weighted by Crippen LogP contribution is 2.24. The molecule has 1 aliphatic heterocycles. The van der Waals surface area contributed by atoms with Gasteiger partial charge in [-0.1, -0.05) is 30.3 Å². The summed E-state index contributed by atoms with van der Waals surface area (Å²) in [5.41, 5.74) is 1.81. The molecule has 1 aromatic carbocycles. The Balaban J connectivity index is 2.41. The van der Waals surface area contributed by atoms with Gasteiger partial charge in [-0.15, -0.1) is 0 Å². The van der Waals surface area contributed by atoms with E-state index in [0.29, 0.717) is 0 Å². The number of hydrogen-bond acceptors (Lipinski definition) is 2. The lowest BCUT2D eigenvalue weighted by molar-refractivity contribution is 0.700. The summed E-state index contributed by atoms with van der Waals surface area (Å²) in [6.45, 7) is 4.04. The van der Waals surface area contributed by atoms with Crippen LogP contribution in [0.2, 0.25) is 0 Å². The molecule has 0 saturated carbocycles. The fourth-order valence-corrected chi connectivity index (χ4v) is 1.53. The average Bonchev–Trinajstić information content (AvgIpc) is 2.44. The fraction of sp³-hybridized carbons (Fsp3) is 0.231. The van der Waals surface area contributed by atoms with Crippen molar-refractivity contribution < 1.29 is 0 Å². The molecule has 0 amide bonds. The van der Waals surface area contributed by atoms with Crippen molar-refractivity contribution in [2.24, 2.45) is 9.98 Å². The highest BCUT2D eigenvalue weighted by molar-refractivity contribution is 5.82. The second-order valence-electron chi connectivity index (χ2n) is 3.86. The van der Waals surface area contributed by atoms with Crippen LogP contribution in [0.4, 0.5) is 0 Å². The molecule has 0 radical (unpaired) electrons. The van der Waals surface area contributed by atoms with E-state index in [1.54, 1.807) is 0 Å². The molecule has 2 nitrogen and oxygen atoms in total. The monoisotopic (exact) mass is 198 g/mol. The number of rotatable bonds is 1. The van der Waals surface area contributed by atoms with Crippen LogP contribution in [0, 0.1) is 0 Å². The topological polar surface area (TPSA) is 24.7 Å². The Morgan fingerprint density at radius 1 is 1.13 bits per heavy atom. The van der Waals surface area contributed by atoms with Crippen LogP contribution < -0.4 is 0 Å². The second-order valence-corrected chi connectivity index (χ2v) is 3.86. The van der Waals surface area contributed by atoms with Crippen LogP contribution >= 0.6 is 0 Å². The number of nitrogens with zero attached hydrogens (tertiary/aromatic N) is 2. The van der Waals surface area contributed by atoms with E-state index in [-0.39, 0.29) is 5.54 Å². The predicted octanol–water partition coefficient (Wildman–Crippen LogP) is 2.96. The normalized spacial score (nSPS) is 24.8. The molecule has 76 valence electrons. The molecule has 1 aliphatic rings. The Labute approximate surface area is 90.1 Å². The van der Waals surface area contributed by atoms with E-state index in [1.807, 2.05) is 43.6 Å². The lowest BCUT2D eigenvalue weighted by atomic mass is 9.94. The maximum atomic E-state index is 4.53. The number of benzene rings is 1. The predicted molar refractivity (Wildman–Crippen MR) is 64.5 cm³/mol. The minimum absolute atomic E-state index is 0.338. The Kier molecular flexibility index (Phi) is 2.50. The van der Waals surface area contributed by atoms with E-state index in [1.165, 1.54) is 0 Å². The first kappa shape index (κ1) is 9.84. The van der Waals surface area contributed by atoms with Gasteiger partial charge in [0.2, 0.25) is 0 Å². The molecule has 2 heteroatoms. The van der Waals surface area contributed by atoms with Crippen LogP contribution in [0.15, 0.2) is 52.1 Å². The summed E-state index contributed by atoms with van der Waals surface area (Å²) in [7, 11) is 0. The molecule has 1 heterocycles. The van der Waals surface area contributed by atoms with Crippen molar-refractivity contribution in [2.75, 3.05) is 0 Å². The van der Waals surface area contributed by atoms with Gasteiger partial charge in [-0.05, 0) is 25.5 Å². The molecular weight excluding hydrogens is 184 g/mol. The molecule has 0 spiro atoms. The largest absolute Gasteiger partial charge is 0.276 e. The molecule has 0 saturated heterocycles. The Bertz CT molecular complexity index is 429. The number of hydrogen-bond donors (Lipinski definition) is 0. The van der Waals surface area contributed by atoms with Gasteiger partial charge in [0.25, 0.3) is 0 Å². The van der Waals surface area contributed by atoms with E-state index in [2.05, 4.69) is 29.0 Å². The van der Waals surface area contributed by atoms with Crippen molar-refractivity contribution in [3.8, 4) is 0 Å². The van der Waals surface area contributed by atoms with E-state index < -0.39 is 0 Å². The molecule has 15 heavy (non-hydrogen) atoms. The van der Waals surface area contributed by atoms with Gasteiger partial charge < -0.3 is 0 Å². The zero-order valence-electron chi connectivity index (χ0n) is 9.01. The SMILES string of the molecule is CC1=CC=N[C@@](C)(c2ccccc2)C=N1. The summed E-state index contributed by atoms with van der Waals surface area (Å²) in [4.78, 5) is 8.89. The average molecular weight is 198 g/mol. The van der Waals surface area contributed by atoms with Crippen LogP contribution in [0.3, 0.4) is 0 Å². The molecule has 0 bridgehead atoms. The summed E-state index contributed by atoms with van der Waals surface area (Å²) < 4.78 is 0. The molecule has 0 aliphatic carbocycles. The number of aliphatic imine (C=N–C) groups is 2. The van der Waals surface area contributed by atoms with E-state index in [9.17, 15) is 0 Å². The third-order valence-electron chi connectivity index (χ3n) is 2.54. The zero-order valence-corrected chi connectivity index (χ0v) is 9.01. The van der Waals surface area contributed by atoms with Gasteiger partial charge in [-0.3, -0.25) is 9.98 Å². The van der Waals surface area contributed by atoms with Crippen LogP contribution in [0.1, 0.15) is 19.4 Å². The number of allylic oxidation sites excluding steroid dienone is 2. The zero-order chi connectivity index (χ0) is 10.7. The molecule has 1 aromatic rings. The van der Waals surface area contributed by atoms with Crippen molar-refractivity contribution in [1.29, 1.82) is 0 Å². The minimum Gasteiger partial charge on any atom is -0.276 e. The standard InChI is InChI=1S/C13H14N2/c1-11-8-9-15-13(2,10-14-11)12-6-4-3-5-7-12/h3-10H,1-2H3/t13-/m1/s1. The van der Waals surface area contributed by atoms with Crippen LogP contribution in [0.25, 0.3) is 0 Å². The molecule has 1 atom stereocenters. The van der Waals surface area contributed by atoms with Gasteiger partial charge in [-0.25, -0.2) is 0 Å². The van der Waals surface area contributed by atoms with Gasteiger partial charge in [0.15, 0.2) is 0 Å². The van der Waals surface area contributed by atoms with Gasteiger partial charge in [0.05, 0.1) is 0 Å². The van der Waals surface area contributed by atoms with Crippen molar-refractivity contribution >= 4 is 12.4 Å². The Morgan fingerprint density at radius 3 is 2.60 bits per heavy atom. The third-order valence-corrected chi connectivity index (χ3v) is 2.54. The van der Waals surface area contributed by atoms with E-state index in [4.69, 9.17) is 0 Å². The molecule has 0 aromatic heterocycles. The highest BCUT2D eigenvalue weighted by atomic mass is 14.9. The third kappa shape index (κ3) is 2.04. The van der Waals surface area contributed by atoms with Gasteiger partial charge in [-0.2, -0.15) is 0 Å². The second kappa shape index (κ2) is 3.81. The summed E-state index contributed by atoms with van der Waals surface area (Å²) in [6, 6.07) is 10.2. The maximum absolute atomic E-state index is 4.53. The van der Waals surface area contributed by atoms with Crippen LogP contribution in [-0.2, 0) is 5.54 Å². The van der Waals surface area contributed by atoms with Crippen LogP contribution in [-0.4, -0.2) is 12.4 Å². The van der Waals surface area contributed by atoms with E-state index in [0.717, 1.165) is 11.3 Å². The first-order valence-corrected chi connectivity index (χ1v) is 5.03. The summed E-state index contributed by atoms with van der Waals surface area (Å²) in [5, 5.41) is 0. The van der Waals surface area contributed by atoms with Crippen LogP contribution in [0.5, 0.6) is 0 Å².